The minimum absolute atomic E-state index is 0.153. The second-order valence-corrected chi connectivity index (χ2v) is 5.80. The van der Waals surface area contributed by atoms with Gasteiger partial charge >= 0.3 is 0 Å². The molecule has 0 radical (unpaired) electrons. The SMILES string of the molecule is COCCOc1ccc(C(=O)NCc2cccnc2-c2cccnc2)cc1. The van der Waals surface area contributed by atoms with Gasteiger partial charge in [0.05, 0.1) is 12.3 Å². The molecule has 0 aliphatic carbocycles. The van der Waals surface area contributed by atoms with Crippen LogP contribution in [0.25, 0.3) is 11.3 Å². The molecule has 6 heteroatoms. The molecule has 3 aromatic rings. The molecule has 2 heterocycles. The summed E-state index contributed by atoms with van der Waals surface area (Å²) in [5, 5.41) is 2.94. The van der Waals surface area contributed by atoms with Crippen LogP contribution in [0.2, 0.25) is 0 Å². The molecule has 138 valence electrons. The summed E-state index contributed by atoms with van der Waals surface area (Å²) in [4.78, 5) is 21.0. The van der Waals surface area contributed by atoms with Gasteiger partial charge in [0.25, 0.3) is 5.91 Å². The minimum atomic E-state index is -0.153. The lowest BCUT2D eigenvalue weighted by Gasteiger charge is -2.10. The zero-order valence-electron chi connectivity index (χ0n) is 15.1. The summed E-state index contributed by atoms with van der Waals surface area (Å²) in [5.41, 5.74) is 3.23. The van der Waals surface area contributed by atoms with Crippen molar-refractivity contribution in [1.29, 1.82) is 0 Å². The van der Waals surface area contributed by atoms with Gasteiger partial charge in [-0.2, -0.15) is 0 Å². The Morgan fingerprint density at radius 2 is 1.85 bits per heavy atom. The molecule has 1 aromatic carbocycles. The number of hydrogen-bond acceptors (Lipinski definition) is 5. The van der Waals surface area contributed by atoms with Crippen molar-refractivity contribution in [3.8, 4) is 17.0 Å². The third-order valence-electron chi connectivity index (χ3n) is 3.94. The van der Waals surface area contributed by atoms with Gasteiger partial charge in [-0.3, -0.25) is 14.8 Å². The molecule has 0 saturated carbocycles. The van der Waals surface area contributed by atoms with Crippen LogP contribution < -0.4 is 10.1 Å². The van der Waals surface area contributed by atoms with Crippen LogP contribution >= 0.6 is 0 Å². The number of benzene rings is 1. The van der Waals surface area contributed by atoms with Crippen molar-refractivity contribution in [3.05, 3.63) is 78.2 Å². The predicted octanol–water partition coefficient (Wildman–Crippen LogP) is 3.10. The van der Waals surface area contributed by atoms with Crippen molar-refractivity contribution >= 4 is 5.91 Å². The first-order valence-electron chi connectivity index (χ1n) is 8.62. The highest BCUT2D eigenvalue weighted by molar-refractivity contribution is 5.94. The molecule has 0 aliphatic rings. The van der Waals surface area contributed by atoms with E-state index < -0.39 is 0 Å². The number of pyridine rings is 2. The Labute approximate surface area is 158 Å². The average molecular weight is 363 g/mol. The molecule has 0 unspecified atom stereocenters. The molecule has 0 spiro atoms. The second kappa shape index (κ2) is 9.45. The number of ether oxygens (including phenoxy) is 2. The Morgan fingerprint density at radius 3 is 2.59 bits per heavy atom. The van der Waals surface area contributed by atoms with Gasteiger partial charge < -0.3 is 14.8 Å². The fourth-order valence-electron chi connectivity index (χ4n) is 2.57. The summed E-state index contributed by atoms with van der Waals surface area (Å²) in [6, 6.07) is 14.6. The van der Waals surface area contributed by atoms with Gasteiger partial charge in [-0.25, -0.2) is 0 Å². The number of amides is 1. The van der Waals surface area contributed by atoms with Gasteiger partial charge in [0.1, 0.15) is 12.4 Å². The monoisotopic (exact) mass is 363 g/mol. The number of nitrogens with zero attached hydrogens (tertiary/aromatic N) is 2. The van der Waals surface area contributed by atoms with Gasteiger partial charge in [-0.05, 0) is 48.0 Å². The smallest absolute Gasteiger partial charge is 0.251 e. The number of nitrogens with one attached hydrogen (secondary N) is 1. The molecule has 0 bridgehead atoms. The van der Waals surface area contributed by atoms with E-state index >= 15 is 0 Å². The van der Waals surface area contributed by atoms with Crippen molar-refractivity contribution in [1.82, 2.24) is 15.3 Å². The van der Waals surface area contributed by atoms with Crippen LogP contribution in [0.5, 0.6) is 5.75 Å². The van der Waals surface area contributed by atoms with E-state index in [0.29, 0.717) is 31.1 Å². The lowest BCUT2D eigenvalue weighted by Crippen LogP contribution is -2.23. The summed E-state index contributed by atoms with van der Waals surface area (Å²) < 4.78 is 10.4. The highest BCUT2D eigenvalue weighted by Crippen LogP contribution is 2.20. The number of hydrogen-bond donors (Lipinski definition) is 1. The lowest BCUT2D eigenvalue weighted by molar-refractivity contribution is 0.0951. The van der Waals surface area contributed by atoms with Gasteiger partial charge in [-0.15, -0.1) is 0 Å². The first-order valence-corrected chi connectivity index (χ1v) is 8.62. The van der Waals surface area contributed by atoms with Crippen LogP contribution in [0.3, 0.4) is 0 Å². The Kier molecular flexibility index (Phi) is 6.49. The topological polar surface area (TPSA) is 73.3 Å². The van der Waals surface area contributed by atoms with Crippen molar-refractivity contribution in [3.63, 3.8) is 0 Å². The maximum absolute atomic E-state index is 12.4. The Morgan fingerprint density at radius 1 is 1.04 bits per heavy atom. The normalized spacial score (nSPS) is 10.4. The maximum Gasteiger partial charge on any atom is 0.251 e. The quantitative estimate of drug-likeness (QED) is 0.623. The fraction of sp³-hybridized carbons (Fsp3) is 0.190. The summed E-state index contributed by atoms with van der Waals surface area (Å²) in [6.45, 7) is 1.37. The molecular weight excluding hydrogens is 342 g/mol. The fourth-order valence-corrected chi connectivity index (χ4v) is 2.57. The first-order chi connectivity index (χ1) is 13.3. The third-order valence-corrected chi connectivity index (χ3v) is 3.94. The Bertz CT molecular complexity index is 867. The van der Waals surface area contributed by atoms with E-state index in [0.717, 1.165) is 16.8 Å². The Hall–Kier alpha value is -3.25. The van der Waals surface area contributed by atoms with E-state index in [9.17, 15) is 4.79 Å². The van der Waals surface area contributed by atoms with E-state index in [1.54, 1.807) is 50.0 Å². The second-order valence-electron chi connectivity index (χ2n) is 5.80. The molecule has 1 N–H and O–H groups in total. The van der Waals surface area contributed by atoms with Crippen LogP contribution in [0.1, 0.15) is 15.9 Å². The Balaban J connectivity index is 1.63. The number of methoxy groups -OCH3 is 1. The maximum atomic E-state index is 12.4. The minimum Gasteiger partial charge on any atom is -0.491 e. The molecule has 1 amide bonds. The van der Waals surface area contributed by atoms with Gasteiger partial charge in [-0.1, -0.05) is 6.07 Å². The van der Waals surface area contributed by atoms with Gasteiger partial charge in [0, 0.05) is 43.4 Å². The van der Waals surface area contributed by atoms with Crippen LogP contribution in [-0.2, 0) is 11.3 Å². The van der Waals surface area contributed by atoms with Gasteiger partial charge in [0.2, 0.25) is 0 Å². The summed E-state index contributed by atoms with van der Waals surface area (Å²) in [7, 11) is 1.62. The molecule has 0 fully saturated rings. The zero-order chi connectivity index (χ0) is 18.9. The number of rotatable bonds is 8. The molecule has 0 aliphatic heterocycles. The third kappa shape index (κ3) is 5.12. The molecule has 6 nitrogen and oxygen atoms in total. The van der Waals surface area contributed by atoms with Crippen LogP contribution in [0.15, 0.2) is 67.1 Å². The highest BCUT2D eigenvalue weighted by Gasteiger charge is 2.10. The largest absolute Gasteiger partial charge is 0.491 e. The standard InChI is InChI=1S/C21H21N3O3/c1-26-12-13-27-19-8-6-16(7-9-19)21(25)24-15-18-5-3-11-23-20(18)17-4-2-10-22-14-17/h2-11,14H,12-13,15H2,1H3,(H,24,25). The van der Waals surface area contributed by atoms with E-state index in [1.165, 1.54) is 0 Å². The van der Waals surface area contributed by atoms with Crippen molar-refractivity contribution < 1.29 is 14.3 Å². The molecular formula is C21H21N3O3. The van der Waals surface area contributed by atoms with Crippen LogP contribution in [0.4, 0.5) is 0 Å². The molecule has 0 atom stereocenters. The molecule has 2 aromatic heterocycles. The van der Waals surface area contributed by atoms with Gasteiger partial charge in [0.15, 0.2) is 0 Å². The lowest BCUT2D eigenvalue weighted by atomic mass is 10.1. The first kappa shape index (κ1) is 18.5. The molecule has 27 heavy (non-hydrogen) atoms. The number of carbonyl (C=O) groups excluding carboxylic acids is 1. The molecule has 0 saturated heterocycles. The van der Waals surface area contributed by atoms with Crippen LogP contribution in [-0.4, -0.2) is 36.2 Å². The van der Waals surface area contributed by atoms with Crippen molar-refractivity contribution in [2.45, 2.75) is 6.54 Å². The highest BCUT2D eigenvalue weighted by atomic mass is 16.5. The average Bonchev–Trinajstić information content (AvgIpc) is 2.73. The van der Waals surface area contributed by atoms with E-state index in [1.807, 2.05) is 24.3 Å². The zero-order valence-corrected chi connectivity index (χ0v) is 15.1. The molecule has 3 rings (SSSR count). The predicted molar refractivity (Wildman–Crippen MR) is 102 cm³/mol. The van der Waals surface area contributed by atoms with E-state index in [4.69, 9.17) is 9.47 Å². The summed E-state index contributed by atoms with van der Waals surface area (Å²) in [5.74, 6) is 0.550. The number of carbonyl (C=O) groups is 1. The van der Waals surface area contributed by atoms with Crippen molar-refractivity contribution in [2.24, 2.45) is 0 Å². The number of aromatic nitrogens is 2. The summed E-state index contributed by atoms with van der Waals surface area (Å²) >= 11 is 0. The van der Waals surface area contributed by atoms with Crippen molar-refractivity contribution in [2.75, 3.05) is 20.3 Å². The van der Waals surface area contributed by atoms with Crippen LogP contribution in [0, 0.1) is 0 Å². The summed E-state index contributed by atoms with van der Waals surface area (Å²) in [6.07, 6.45) is 5.21. The van der Waals surface area contributed by atoms with E-state index in [2.05, 4.69) is 15.3 Å². The van der Waals surface area contributed by atoms with E-state index in [-0.39, 0.29) is 5.91 Å².